The summed E-state index contributed by atoms with van der Waals surface area (Å²) in [7, 11) is 0. The maximum Gasteiger partial charge on any atom is 0.318 e. The average molecular weight is 412 g/mol. The number of urea groups is 1. The largest absolute Gasteiger partial charge is 0.370 e. The highest BCUT2D eigenvalue weighted by Gasteiger charge is 2.42. The van der Waals surface area contributed by atoms with Crippen molar-refractivity contribution in [1.29, 1.82) is 0 Å². The van der Waals surface area contributed by atoms with E-state index >= 15 is 0 Å². The Morgan fingerprint density at radius 2 is 1.97 bits per heavy atom. The van der Waals surface area contributed by atoms with Crippen molar-refractivity contribution in [2.45, 2.75) is 50.1 Å². The van der Waals surface area contributed by atoms with Crippen LogP contribution in [0.25, 0.3) is 0 Å². The van der Waals surface area contributed by atoms with Gasteiger partial charge in [-0.05, 0) is 38.6 Å². The van der Waals surface area contributed by atoms with Gasteiger partial charge in [0, 0.05) is 19.0 Å². The molecule has 1 rings (SSSR count). The van der Waals surface area contributed by atoms with Crippen molar-refractivity contribution < 1.29 is 14.4 Å². The van der Waals surface area contributed by atoms with Gasteiger partial charge >= 0.3 is 6.03 Å². The molecule has 0 aromatic heterocycles. The lowest BCUT2D eigenvalue weighted by molar-refractivity contribution is -0.133. The Bertz CT molecular complexity index is 647. The third-order valence-corrected chi connectivity index (χ3v) is 4.33. The number of hydrogen-bond donors (Lipinski definition) is 8. The Kier molecular flexibility index (Phi) is 9.82. The molecule has 0 aromatic rings. The first-order valence-corrected chi connectivity index (χ1v) is 9.43. The number of primary amides is 1. The predicted octanol–water partition coefficient (Wildman–Crippen LogP) is -3.10. The molecule has 13 heteroatoms. The number of guanidine groups is 2. The minimum Gasteiger partial charge on any atom is -0.370 e. The van der Waals surface area contributed by atoms with Crippen LogP contribution in [0.3, 0.4) is 0 Å². The molecule has 0 aliphatic carbocycles. The average Bonchev–Trinajstić information content (AvgIpc) is 2.61. The molecule has 2 atom stereocenters. The molecule has 0 aromatic carbocycles. The van der Waals surface area contributed by atoms with E-state index in [2.05, 4.69) is 25.9 Å². The van der Waals surface area contributed by atoms with Crippen LogP contribution in [0.2, 0.25) is 0 Å². The van der Waals surface area contributed by atoms with Crippen molar-refractivity contribution in [1.82, 2.24) is 16.0 Å². The van der Waals surface area contributed by atoms with Crippen molar-refractivity contribution in [2.75, 3.05) is 19.6 Å². The van der Waals surface area contributed by atoms with E-state index in [0.29, 0.717) is 45.2 Å². The minimum atomic E-state index is -1.24. The highest BCUT2D eigenvalue weighted by molar-refractivity contribution is 6.09. The van der Waals surface area contributed by atoms with Gasteiger partial charge in [0.2, 0.25) is 11.9 Å². The lowest BCUT2D eigenvalue weighted by atomic mass is 9.89. The molecule has 0 bridgehead atoms. The molecule has 1 aliphatic rings. The third-order valence-electron chi connectivity index (χ3n) is 4.33. The Hall–Kier alpha value is -2.93. The molecule has 0 spiro atoms. The summed E-state index contributed by atoms with van der Waals surface area (Å²) in [6.07, 6.45) is 2.84. The second-order valence-electron chi connectivity index (χ2n) is 6.90. The zero-order valence-electron chi connectivity index (χ0n) is 16.4. The number of carbonyl (C=O) groups is 3. The molecular weight excluding hydrogens is 380 g/mol. The third kappa shape index (κ3) is 8.74. The molecule has 13 N–H and O–H groups in total. The van der Waals surface area contributed by atoms with Gasteiger partial charge in [-0.3, -0.25) is 25.2 Å². The van der Waals surface area contributed by atoms with Gasteiger partial charge < -0.3 is 34.0 Å². The van der Waals surface area contributed by atoms with Gasteiger partial charge in [0.05, 0.1) is 6.54 Å². The van der Waals surface area contributed by atoms with Gasteiger partial charge in [-0.2, -0.15) is 0 Å². The van der Waals surface area contributed by atoms with E-state index in [1.807, 2.05) is 0 Å². The first-order chi connectivity index (χ1) is 13.7. The van der Waals surface area contributed by atoms with Gasteiger partial charge in [0.1, 0.15) is 5.54 Å². The van der Waals surface area contributed by atoms with E-state index in [0.717, 1.165) is 0 Å². The van der Waals surface area contributed by atoms with Gasteiger partial charge in [-0.15, -0.1) is 0 Å². The number of aliphatic imine (C=N–C) groups is 2. The van der Waals surface area contributed by atoms with Crippen molar-refractivity contribution in [3.63, 3.8) is 0 Å². The Morgan fingerprint density at radius 3 is 2.55 bits per heavy atom. The Balaban J connectivity index is 2.71. The molecule has 0 radical (unpaired) electrons. The van der Waals surface area contributed by atoms with Crippen LogP contribution < -0.4 is 44.6 Å². The molecule has 0 saturated carbocycles. The Morgan fingerprint density at radius 1 is 1.24 bits per heavy atom. The standard InChI is InChI=1S/C16H32N10O3/c17-6-2-1-5-16(9-23-15(24-12(16)28)25-14(21)29)26-11(27)8-10(18)4-3-7-22-13(19)20/h10H,1-9,17-18H2,(H,26,27)(H4,19,20,22)(H4,21,23,24,25,28,29)/t10-,16-/m0/s1. The van der Waals surface area contributed by atoms with E-state index in [1.54, 1.807) is 0 Å². The number of unbranched alkanes of at least 4 members (excludes halogenated alkanes) is 1. The quantitative estimate of drug-likeness (QED) is 0.0985. The number of rotatable bonds is 11. The van der Waals surface area contributed by atoms with Crippen LogP contribution in [0, 0.1) is 0 Å². The van der Waals surface area contributed by atoms with Crippen LogP contribution in [-0.4, -0.2) is 61.0 Å². The summed E-state index contributed by atoms with van der Waals surface area (Å²) < 4.78 is 0. The minimum absolute atomic E-state index is 0.00444. The zero-order chi connectivity index (χ0) is 21.9. The van der Waals surface area contributed by atoms with Crippen LogP contribution in [0.4, 0.5) is 4.79 Å². The normalized spacial score (nSPS) is 19.5. The van der Waals surface area contributed by atoms with Crippen molar-refractivity contribution in [3.05, 3.63) is 0 Å². The highest BCUT2D eigenvalue weighted by atomic mass is 16.2. The summed E-state index contributed by atoms with van der Waals surface area (Å²) >= 11 is 0. The topological polar surface area (TPSA) is 242 Å². The molecule has 1 aliphatic heterocycles. The van der Waals surface area contributed by atoms with Crippen molar-refractivity contribution >= 4 is 29.8 Å². The number of nitrogens with two attached hydrogens (primary N) is 5. The fraction of sp³-hybridized carbons (Fsp3) is 0.688. The molecule has 1 heterocycles. The lowest BCUT2D eigenvalue weighted by Gasteiger charge is -2.35. The number of amides is 4. The van der Waals surface area contributed by atoms with Crippen LogP contribution in [-0.2, 0) is 9.59 Å². The van der Waals surface area contributed by atoms with Gasteiger partial charge in [0.15, 0.2) is 5.96 Å². The first-order valence-electron chi connectivity index (χ1n) is 9.43. The molecule has 0 unspecified atom stereocenters. The van der Waals surface area contributed by atoms with Crippen LogP contribution in [0.5, 0.6) is 0 Å². The van der Waals surface area contributed by atoms with E-state index in [9.17, 15) is 14.4 Å². The zero-order valence-corrected chi connectivity index (χ0v) is 16.4. The number of carbonyl (C=O) groups excluding carboxylic acids is 3. The summed E-state index contributed by atoms with van der Waals surface area (Å²) in [5.41, 5.74) is 25.8. The number of nitrogens with one attached hydrogen (secondary N) is 3. The second kappa shape index (κ2) is 11.8. The highest BCUT2D eigenvalue weighted by Crippen LogP contribution is 2.19. The maximum absolute atomic E-state index is 12.7. The molecule has 0 saturated heterocycles. The van der Waals surface area contributed by atoms with E-state index in [-0.39, 0.29) is 30.8 Å². The maximum atomic E-state index is 12.7. The SMILES string of the molecule is NCCCC[C@]1(NC(=O)C[C@@H](N)CCCN=C(N)N)CN=C(NC(N)=O)NC1=O. The summed E-state index contributed by atoms with van der Waals surface area (Å²) in [5.74, 6) is -0.904. The van der Waals surface area contributed by atoms with Crippen LogP contribution >= 0.6 is 0 Å². The van der Waals surface area contributed by atoms with Gasteiger partial charge in [-0.25, -0.2) is 9.79 Å². The molecule has 164 valence electrons. The fourth-order valence-electron chi connectivity index (χ4n) is 2.88. The lowest BCUT2D eigenvalue weighted by Crippen LogP contribution is -2.66. The van der Waals surface area contributed by atoms with Crippen molar-refractivity contribution in [2.24, 2.45) is 38.7 Å². The molecule has 0 fully saturated rings. The van der Waals surface area contributed by atoms with E-state index in [4.69, 9.17) is 28.7 Å². The van der Waals surface area contributed by atoms with E-state index in [1.165, 1.54) is 0 Å². The molecule has 29 heavy (non-hydrogen) atoms. The van der Waals surface area contributed by atoms with Crippen LogP contribution in [0.15, 0.2) is 9.98 Å². The number of nitrogens with zero attached hydrogens (tertiary/aromatic N) is 2. The first kappa shape index (κ1) is 24.1. The summed E-state index contributed by atoms with van der Waals surface area (Å²) in [5, 5.41) is 7.44. The van der Waals surface area contributed by atoms with Gasteiger partial charge in [-0.1, -0.05) is 0 Å². The smallest absolute Gasteiger partial charge is 0.318 e. The monoisotopic (exact) mass is 412 g/mol. The summed E-state index contributed by atoms with van der Waals surface area (Å²) in [6, 6.07) is -1.26. The van der Waals surface area contributed by atoms with Crippen molar-refractivity contribution in [3.8, 4) is 0 Å². The molecular formula is C16H32N10O3. The van der Waals surface area contributed by atoms with Gasteiger partial charge in [0.25, 0.3) is 5.91 Å². The summed E-state index contributed by atoms with van der Waals surface area (Å²) in [6.45, 7) is 0.849. The summed E-state index contributed by atoms with van der Waals surface area (Å²) in [4.78, 5) is 44.1. The van der Waals surface area contributed by atoms with Crippen LogP contribution in [0.1, 0.15) is 38.5 Å². The van der Waals surface area contributed by atoms with E-state index < -0.39 is 23.5 Å². The number of hydrogen-bond acceptors (Lipinski definition) is 7. The molecule has 13 nitrogen and oxygen atoms in total. The predicted molar refractivity (Wildman–Crippen MR) is 109 cm³/mol. The fourth-order valence-corrected chi connectivity index (χ4v) is 2.88. The second-order valence-corrected chi connectivity index (χ2v) is 6.90. The molecule has 4 amide bonds. The Labute approximate surface area is 169 Å².